The number of rotatable bonds is 9. The zero-order valence-electron chi connectivity index (χ0n) is 18.0. The number of furan rings is 1. The third-order valence-electron chi connectivity index (χ3n) is 4.50. The lowest BCUT2D eigenvalue weighted by Crippen LogP contribution is -2.26. The molecule has 0 bridgehead atoms. The molecule has 0 unspecified atom stereocenters. The highest BCUT2D eigenvalue weighted by Crippen LogP contribution is 2.30. The Kier molecular flexibility index (Phi) is 7.54. The second-order valence-corrected chi connectivity index (χ2v) is 6.91. The van der Waals surface area contributed by atoms with Crippen LogP contribution in [0.1, 0.15) is 47.1 Å². The number of hydrogen-bond acceptors (Lipinski definition) is 5. The van der Waals surface area contributed by atoms with Crippen LogP contribution >= 0.6 is 0 Å². The van der Waals surface area contributed by atoms with E-state index in [0.717, 1.165) is 0 Å². The first-order valence-corrected chi connectivity index (χ1v) is 10.1. The maximum atomic E-state index is 13.7. The number of halogens is 5. The zero-order valence-corrected chi connectivity index (χ0v) is 18.0. The number of benzene rings is 1. The molecule has 3 aromatic rings. The predicted molar refractivity (Wildman–Crippen MR) is 108 cm³/mol. The Labute approximate surface area is 189 Å². The van der Waals surface area contributed by atoms with Crippen LogP contribution in [0.15, 0.2) is 22.7 Å². The van der Waals surface area contributed by atoms with E-state index in [4.69, 9.17) is 9.15 Å². The summed E-state index contributed by atoms with van der Waals surface area (Å²) in [6, 6.07) is 2.42. The molecule has 0 saturated carbocycles. The van der Waals surface area contributed by atoms with Crippen LogP contribution in [0.4, 0.5) is 27.6 Å². The van der Waals surface area contributed by atoms with Gasteiger partial charge in [-0.2, -0.15) is 13.9 Å². The first-order chi connectivity index (χ1) is 16.2. The molecule has 13 heteroatoms. The van der Waals surface area contributed by atoms with E-state index in [9.17, 15) is 31.5 Å². The van der Waals surface area contributed by atoms with E-state index in [1.807, 2.05) is 6.92 Å². The lowest BCUT2D eigenvalue weighted by molar-refractivity contribution is 0.0948. The Morgan fingerprint density at radius 3 is 2.26 bits per heavy atom. The summed E-state index contributed by atoms with van der Waals surface area (Å²) < 4.78 is 78.5. The quantitative estimate of drug-likeness (QED) is 0.269. The van der Waals surface area contributed by atoms with Gasteiger partial charge in [-0.05, 0) is 25.5 Å². The maximum Gasteiger partial charge on any atom is 0.291 e. The van der Waals surface area contributed by atoms with Crippen molar-refractivity contribution >= 4 is 17.5 Å². The molecule has 2 amide bonds. The number of hydrogen-bond donors (Lipinski definition) is 2. The third kappa shape index (κ3) is 5.02. The Balaban J connectivity index is 1.73. The summed E-state index contributed by atoms with van der Waals surface area (Å²) in [5.41, 5.74) is 0.112. The van der Waals surface area contributed by atoms with Crippen molar-refractivity contribution < 1.29 is 40.7 Å². The van der Waals surface area contributed by atoms with Crippen LogP contribution in [0.2, 0.25) is 0 Å². The van der Waals surface area contributed by atoms with Gasteiger partial charge in [0.05, 0.1) is 5.69 Å². The summed E-state index contributed by atoms with van der Waals surface area (Å²) in [4.78, 5) is 24.9. The monoisotopic (exact) mass is 486 g/mol. The summed E-state index contributed by atoms with van der Waals surface area (Å²) >= 11 is 0. The fourth-order valence-electron chi connectivity index (χ4n) is 2.78. The van der Waals surface area contributed by atoms with Gasteiger partial charge in [0, 0.05) is 19.3 Å². The van der Waals surface area contributed by atoms with Crippen LogP contribution < -0.4 is 15.4 Å². The molecule has 3 rings (SSSR count). The third-order valence-corrected chi connectivity index (χ3v) is 4.50. The summed E-state index contributed by atoms with van der Waals surface area (Å²) in [6.07, 6.45) is 2.15. The molecular weight excluding hydrogens is 467 g/mol. The van der Waals surface area contributed by atoms with E-state index in [-0.39, 0.29) is 22.9 Å². The van der Waals surface area contributed by atoms with E-state index in [1.54, 1.807) is 6.92 Å². The normalized spacial score (nSPS) is 10.9. The number of aryl methyl sites for hydroxylation is 1. The number of ether oxygens (including phenoxy) is 1. The highest BCUT2D eigenvalue weighted by molar-refractivity contribution is 6.07. The molecule has 182 valence electrons. The summed E-state index contributed by atoms with van der Waals surface area (Å²) in [5.74, 6) is -14.0. The first-order valence-electron chi connectivity index (χ1n) is 10.1. The van der Waals surface area contributed by atoms with E-state index in [0.29, 0.717) is 19.5 Å². The zero-order chi connectivity index (χ0) is 25.0. The summed E-state index contributed by atoms with van der Waals surface area (Å²) in [7, 11) is 0. The molecule has 0 aliphatic heterocycles. The topological polar surface area (TPSA) is 98.4 Å². The van der Waals surface area contributed by atoms with E-state index >= 15 is 0 Å². The minimum atomic E-state index is -2.31. The molecule has 0 aliphatic rings. The van der Waals surface area contributed by atoms with Crippen molar-refractivity contribution in [2.24, 2.45) is 0 Å². The van der Waals surface area contributed by atoms with Gasteiger partial charge in [-0.15, -0.1) is 0 Å². The van der Waals surface area contributed by atoms with E-state index in [1.165, 1.54) is 23.0 Å². The standard InChI is InChI=1S/C21H19F5N4O4/c1-3-7-27-21(32)18-11(8-30(4-2)29-18)28-20(31)12-6-5-10(34-12)9-33-19-16(25)14(23)13(22)15(24)17(19)26/h5-6,8H,3-4,7,9H2,1-2H3,(H,27,32)(H,28,31). The van der Waals surface area contributed by atoms with Crippen LogP contribution in [0.25, 0.3) is 0 Å². The SMILES string of the molecule is CCCNC(=O)c1nn(CC)cc1NC(=O)c1ccc(COc2c(F)c(F)c(F)c(F)c2F)o1. The van der Waals surface area contributed by atoms with Crippen LogP contribution in [0.3, 0.4) is 0 Å². The van der Waals surface area contributed by atoms with Crippen molar-refractivity contribution in [2.75, 3.05) is 11.9 Å². The lowest BCUT2D eigenvalue weighted by atomic mass is 10.2. The number of aromatic nitrogens is 2. The second kappa shape index (κ2) is 10.4. The molecule has 0 atom stereocenters. The van der Waals surface area contributed by atoms with E-state index < -0.39 is 53.3 Å². The molecule has 2 heterocycles. The Bertz CT molecular complexity index is 1200. The molecule has 0 radical (unpaired) electrons. The molecule has 0 saturated heterocycles. The molecule has 0 aliphatic carbocycles. The van der Waals surface area contributed by atoms with Crippen molar-refractivity contribution in [3.63, 3.8) is 0 Å². The molecule has 8 nitrogen and oxygen atoms in total. The summed E-state index contributed by atoms with van der Waals surface area (Å²) in [6.45, 7) is 3.77. The van der Waals surface area contributed by atoms with Crippen molar-refractivity contribution in [3.8, 4) is 5.75 Å². The van der Waals surface area contributed by atoms with Crippen molar-refractivity contribution in [3.05, 3.63) is 64.6 Å². The number of amides is 2. The number of nitrogens with zero attached hydrogens (tertiary/aromatic N) is 2. The van der Waals surface area contributed by atoms with Gasteiger partial charge in [-0.1, -0.05) is 6.92 Å². The van der Waals surface area contributed by atoms with E-state index in [2.05, 4.69) is 15.7 Å². The highest BCUT2D eigenvalue weighted by atomic mass is 19.2. The molecular formula is C21H19F5N4O4. The van der Waals surface area contributed by atoms with Gasteiger partial charge in [-0.25, -0.2) is 13.2 Å². The first kappa shape index (κ1) is 24.7. The number of carbonyl (C=O) groups is 2. The highest BCUT2D eigenvalue weighted by Gasteiger charge is 2.27. The molecule has 2 aromatic heterocycles. The predicted octanol–water partition coefficient (Wildman–Crippen LogP) is 4.16. The number of nitrogens with one attached hydrogen (secondary N) is 2. The van der Waals surface area contributed by atoms with Crippen LogP contribution in [-0.2, 0) is 13.2 Å². The fraction of sp³-hybridized carbons (Fsp3) is 0.286. The van der Waals surface area contributed by atoms with Crippen molar-refractivity contribution in [2.45, 2.75) is 33.4 Å². The van der Waals surface area contributed by atoms with Crippen molar-refractivity contribution in [1.29, 1.82) is 0 Å². The summed E-state index contributed by atoms with van der Waals surface area (Å²) in [5, 5.41) is 9.25. The van der Waals surface area contributed by atoms with Gasteiger partial charge in [-0.3, -0.25) is 14.3 Å². The van der Waals surface area contributed by atoms with Crippen molar-refractivity contribution in [1.82, 2.24) is 15.1 Å². The average Bonchev–Trinajstić information content (AvgIpc) is 3.47. The van der Waals surface area contributed by atoms with Crippen LogP contribution in [-0.4, -0.2) is 28.1 Å². The molecule has 1 aromatic carbocycles. The largest absolute Gasteiger partial charge is 0.479 e. The minimum absolute atomic E-state index is 0.00919. The van der Waals surface area contributed by atoms with Gasteiger partial charge in [0.25, 0.3) is 11.8 Å². The van der Waals surface area contributed by atoms with Gasteiger partial charge in [0.2, 0.25) is 29.1 Å². The number of anilines is 1. The van der Waals surface area contributed by atoms with Gasteiger partial charge < -0.3 is 19.8 Å². The van der Waals surface area contributed by atoms with Gasteiger partial charge in [0.15, 0.2) is 17.2 Å². The Hall–Kier alpha value is -3.90. The van der Waals surface area contributed by atoms with Crippen LogP contribution in [0.5, 0.6) is 5.75 Å². The second-order valence-electron chi connectivity index (χ2n) is 6.91. The Morgan fingerprint density at radius 1 is 1.00 bits per heavy atom. The van der Waals surface area contributed by atoms with Gasteiger partial charge >= 0.3 is 0 Å². The minimum Gasteiger partial charge on any atom is -0.479 e. The molecule has 0 spiro atoms. The van der Waals surface area contributed by atoms with Crippen LogP contribution in [0, 0.1) is 29.1 Å². The Morgan fingerprint density at radius 2 is 1.65 bits per heavy atom. The molecule has 0 fully saturated rings. The smallest absolute Gasteiger partial charge is 0.291 e. The molecule has 2 N–H and O–H groups in total. The lowest BCUT2D eigenvalue weighted by Gasteiger charge is -2.09. The average molecular weight is 486 g/mol. The fourth-order valence-corrected chi connectivity index (χ4v) is 2.78. The molecule has 34 heavy (non-hydrogen) atoms. The van der Waals surface area contributed by atoms with Gasteiger partial charge in [0.1, 0.15) is 12.4 Å². The number of carbonyl (C=O) groups excluding carboxylic acids is 2. The maximum absolute atomic E-state index is 13.7.